The molecule has 0 aliphatic heterocycles. The van der Waals surface area contributed by atoms with Crippen LogP contribution < -0.4 is 0 Å². The van der Waals surface area contributed by atoms with Crippen molar-refractivity contribution < 1.29 is 18.7 Å². The third kappa shape index (κ3) is 4.14. The largest absolute Gasteiger partial charge is 0.456 e. The van der Waals surface area contributed by atoms with E-state index < -0.39 is 5.60 Å². The summed E-state index contributed by atoms with van der Waals surface area (Å²) in [6, 6.07) is 48.0. The lowest BCUT2D eigenvalue weighted by atomic mass is 9.70. The van der Waals surface area contributed by atoms with Crippen LogP contribution in [-0.4, -0.2) is 10.9 Å². The summed E-state index contributed by atoms with van der Waals surface area (Å²) in [7, 11) is 0. The van der Waals surface area contributed by atoms with Crippen LogP contribution in [0, 0.1) is 0 Å². The normalized spacial score (nSPS) is 15.6. The van der Waals surface area contributed by atoms with Crippen molar-refractivity contribution in [2.45, 2.75) is 25.4 Å². The van der Waals surface area contributed by atoms with Gasteiger partial charge in [-0.15, -0.1) is 0 Å². The Morgan fingerprint density at radius 2 is 1.18 bits per heavy atom. The molecule has 2 heterocycles. The van der Waals surface area contributed by atoms with E-state index in [-0.39, 0.29) is 11.7 Å². The van der Waals surface area contributed by atoms with Crippen molar-refractivity contribution in [2.75, 3.05) is 0 Å². The highest BCUT2D eigenvalue weighted by molar-refractivity contribution is 6.27. The number of carbonyl (C=O) groups is 1. The lowest BCUT2D eigenvalue weighted by Crippen LogP contribution is -2.40. The van der Waals surface area contributed by atoms with Crippen LogP contribution >= 0.6 is 0 Å². The quantitative estimate of drug-likeness (QED) is 0.204. The zero-order valence-corrected chi connectivity index (χ0v) is 28.1. The number of rotatable bonds is 4. The second kappa shape index (κ2) is 10.9. The lowest BCUT2D eigenvalue weighted by Gasteiger charge is -2.35. The minimum atomic E-state index is -1.97. The van der Waals surface area contributed by atoms with E-state index in [0.717, 1.165) is 66.1 Å². The first-order valence-corrected chi connectivity index (χ1v) is 17.4. The highest BCUT2D eigenvalue weighted by Gasteiger charge is 2.48. The summed E-state index contributed by atoms with van der Waals surface area (Å²) in [4.78, 5) is 15.0. The molecule has 1 aliphatic rings. The van der Waals surface area contributed by atoms with Crippen molar-refractivity contribution in [1.29, 1.82) is 0 Å². The number of benzene rings is 7. The standard InChI is InChI=1S/C47H32O4/c1-27(2)32-15-9-17-34-41-39(50-44(32)34)26-24-36-42(41)43-37(47(49,46(36)48)31-21-19-29(20-22-31)28-11-5-3-6-12-28)25-23-35-40-33(30-13-7-4-8-14-30)16-10-18-38(40)51-45(35)43/h3-27,49H,1-2H3. The average molecular weight is 661 g/mol. The van der Waals surface area contributed by atoms with Gasteiger partial charge in [0.1, 0.15) is 22.3 Å². The summed E-state index contributed by atoms with van der Waals surface area (Å²) in [6.07, 6.45) is 0. The molecule has 0 radical (unpaired) electrons. The van der Waals surface area contributed by atoms with Crippen LogP contribution in [0.5, 0.6) is 0 Å². The number of fused-ring (bicyclic) bond motifs is 11. The maximum absolute atomic E-state index is 15.0. The number of hydrogen-bond acceptors (Lipinski definition) is 4. The van der Waals surface area contributed by atoms with Gasteiger partial charge in [0.05, 0.1) is 0 Å². The molecule has 9 aromatic rings. The van der Waals surface area contributed by atoms with E-state index in [4.69, 9.17) is 8.83 Å². The number of Topliss-reactive ketones (excluding diaryl/α,β-unsaturated/α-hetero) is 1. The maximum atomic E-state index is 15.0. The molecule has 0 saturated carbocycles. The second-order valence-electron chi connectivity index (χ2n) is 13.8. The van der Waals surface area contributed by atoms with Crippen molar-refractivity contribution >= 4 is 49.7 Å². The van der Waals surface area contributed by atoms with Crippen molar-refractivity contribution in [1.82, 2.24) is 0 Å². The predicted molar refractivity (Wildman–Crippen MR) is 205 cm³/mol. The van der Waals surface area contributed by atoms with Gasteiger partial charge in [0.25, 0.3) is 0 Å². The van der Waals surface area contributed by atoms with Crippen LogP contribution in [0.25, 0.3) is 77.3 Å². The lowest BCUT2D eigenvalue weighted by molar-refractivity contribution is 0.0483. The minimum Gasteiger partial charge on any atom is -0.456 e. The van der Waals surface area contributed by atoms with Gasteiger partial charge in [-0.05, 0) is 57.5 Å². The molecule has 1 aliphatic carbocycles. The molecule has 4 heteroatoms. The smallest absolute Gasteiger partial charge is 0.204 e. The predicted octanol–water partition coefficient (Wildman–Crippen LogP) is 12.0. The van der Waals surface area contributed by atoms with Gasteiger partial charge in [0, 0.05) is 43.8 Å². The molecule has 0 saturated heterocycles. The van der Waals surface area contributed by atoms with Gasteiger partial charge in [0.15, 0.2) is 5.60 Å². The van der Waals surface area contributed by atoms with Gasteiger partial charge in [-0.25, -0.2) is 0 Å². The first-order chi connectivity index (χ1) is 24.9. The summed E-state index contributed by atoms with van der Waals surface area (Å²) in [5, 5.41) is 16.7. The van der Waals surface area contributed by atoms with Crippen LogP contribution in [0.3, 0.4) is 0 Å². The molecular weight excluding hydrogens is 629 g/mol. The van der Waals surface area contributed by atoms with Crippen LogP contribution in [0.2, 0.25) is 0 Å². The summed E-state index contributed by atoms with van der Waals surface area (Å²) in [6.45, 7) is 4.31. The molecule has 51 heavy (non-hydrogen) atoms. The van der Waals surface area contributed by atoms with Gasteiger partial charge in [-0.1, -0.05) is 141 Å². The van der Waals surface area contributed by atoms with Crippen LogP contribution in [0.4, 0.5) is 0 Å². The fraction of sp³-hybridized carbons (Fsp3) is 0.0851. The fourth-order valence-electron chi connectivity index (χ4n) is 8.25. The third-order valence-corrected chi connectivity index (χ3v) is 10.7. The fourth-order valence-corrected chi connectivity index (χ4v) is 8.25. The monoisotopic (exact) mass is 660 g/mol. The molecule has 244 valence electrons. The number of carbonyl (C=O) groups excluding carboxylic acids is 1. The number of hydrogen-bond donors (Lipinski definition) is 1. The molecule has 1 N–H and O–H groups in total. The minimum absolute atomic E-state index is 0.237. The van der Waals surface area contributed by atoms with Crippen LogP contribution in [0.1, 0.15) is 46.8 Å². The highest BCUT2D eigenvalue weighted by Crippen LogP contribution is 2.54. The van der Waals surface area contributed by atoms with Gasteiger partial charge in [-0.2, -0.15) is 0 Å². The van der Waals surface area contributed by atoms with E-state index in [1.807, 2.05) is 103 Å². The Morgan fingerprint density at radius 1 is 0.529 bits per heavy atom. The molecule has 0 spiro atoms. The van der Waals surface area contributed by atoms with Crippen LogP contribution in [0.15, 0.2) is 154 Å². The van der Waals surface area contributed by atoms with E-state index >= 15 is 0 Å². The Balaban J connectivity index is 1.32. The highest BCUT2D eigenvalue weighted by atomic mass is 16.3. The zero-order chi connectivity index (χ0) is 34.4. The Labute approximate surface area is 294 Å². The summed E-state index contributed by atoms with van der Waals surface area (Å²) in [5.41, 5.74) is 9.03. The number of aliphatic hydroxyl groups is 1. The Hall–Kier alpha value is -6.23. The first-order valence-electron chi connectivity index (χ1n) is 17.4. The second-order valence-corrected chi connectivity index (χ2v) is 13.8. The summed E-state index contributed by atoms with van der Waals surface area (Å²) in [5.74, 6) is -0.143. The zero-order valence-electron chi connectivity index (χ0n) is 28.1. The summed E-state index contributed by atoms with van der Waals surface area (Å²) < 4.78 is 13.5. The SMILES string of the molecule is CC(C)c1cccc2c1oc1ccc3c(c12)-c1c(ccc2c1oc1cccc(-c4ccccc4)c12)C(O)(c1ccc(-c2ccccc2)cc1)C3=O. The third-order valence-electron chi connectivity index (χ3n) is 10.7. The molecule has 1 unspecified atom stereocenters. The van der Waals surface area contributed by atoms with Crippen molar-refractivity contribution in [3.63, 3.8) is 0 Å². The molecule has 10 rings (SSSR count). The van der Waals surface area contributed by atoms with Crippen molar-refractivity contribution in [3.8, 4) is 33.4 Å². The number of furan rings is 2. The van der Waals surface area contributed by atoms with Crippen LogP contribution in [-0.2, 0) is 5.60 Å². The van der Waals surface area contributed by atoms with E-state index in [2.05, 4.69) is 50.2 Å². The Morgan fingerprint density at radius 3 is 1.92 bits per heavy atom. The molecular formula is C47H32O4. The van der Waals surface area contributed by atoms with Gasteiger partial charge < -0.3 is 13.9 Å². The molecule has 0 fully saturated rings. The maximum Gasteiger partial charge on any atom is 0.204 e. The first kappa shape index (κ1) is 29.7. The van der Waals surface area contributed by atoms with Gasteiger partial charge >= 0.3 is 0 Å². The molecule has 1 atom stereocenters. The van der Waals surface area contributed by atoms with Crippen molar-refractivity contribution in [2.24, 2.45) is 0 Å². The molecule has 7 aromatic carbocycles. The average Bonchev–Trinajstić information content (AvgIpc) is 3.76. The van der Waals surface area contributed by atoms with E-state index in [1.165, 1.54) is 0 Å². The van der Waals surface area contributed by atoms with E-state index in [9.17, 15) is 9.90 Å². The Bertz CT molecular complexity index is 2840. The topological polar surface area (TPSA) is 63.6 Å². The number of ketones is 1. The van der Waals surface area contributed by atoms with Gasteiger partial charge in [-0.3, -0.25) is 4.79 Å². The number of para-hydroxylation sites is 1. The summed E-state index contributed by atoms with van der Waals surface area (Å²) >= 11 is 0. The van der Waals surface area contributed by atoms with Crippen molar-refractivity contribution in [3.05, 3.63) is 168 Å². The van der Waals surface area contributed by atoms with Gasteiger partial charge in [0.2, 0.25) is 5.78 Å². The molecule has 4 nitrogen and oxygen atoms in total. The Kier molecular flexibility index (Phi) is 6.33. The van der Waals surface area contributed by atoms with E-state index in [1.54, 1.807) is 6.07 Å². The molecule has 0 bridgehead atoms. The molecule has 0 amide bonds. The van der Waals surface area contributed by atoms with E-state index in [0.29, 0.717) is 33.4 Å². The molecule has 2 aromatic heterocycles.